The van der Waals surface area contributed by atoms with Crippen LogP contribution in [0.1, 0.15) is 12.5 Å². The summed E-state index contributed by atoms with van der Waals surface area (Å²) in [5.74, 6) is 0.0422. The molecule has 0 fully saturated rings. The summed E-state index contributed by atoms with van der Waals surface area (Å²) in [6.45, 7) is 2.03. The molecule has 0 radical (unpaired) electrons. The number of nitrogens with one attached hydrogen (secondary N) is 2. The van der Waals surface area contributed by atoms with Crippen molar-refractivity contribution in [3.8, 4) is 0 Å². The molecule has 2 aromatic heterocycles. The highest BCUT2D eigenvalue weighted by atomic mass is 32.2. The third-order valence-electron chi connectivity index (χ3n) is 3.28. The zero-order valence-corrected chi connectivity index (χ0v) is 14.2. The Balaban J connectivity index is 1.50. The van der Waals surface area contributed by atoms with Crippen molar-refractivity contribution < 1.29 is 9.59 Å². The van der Waals surface area contributed by atoms with Crippen molar-refractivity contribution >= 4 is 29.5 Å². The van der Waals surface area contributed by atoms with E-state index in [1.165, 1.54) is 4.52 Å². The van der Waals surface area contributed by atoms with Gasteiger partial charge in [0.05, 0.1) is 5.25 Å². The fourth-order valence-electron chi connectivity index (χ4n) is 2.01. The number of nitrogens with zero attached hydrogens (tertiary/aromatic N) is 4. The molecule has 2 heterocycles. The van der Waals surface area contributed by atoms with Gasteiger partial charge in [0.15, 0.2) is 0 Å². The molecule has 2 N–H and O–H groups in total. The van der Waals surface area contributed by atoms with E-state index in [1.807, 2.05) is 30.3 Å². The zero-order chi connectivity index (χ0) is 17.6. The van der Waals surface area contributed by atoms with Gasteiger partial charge in [0.1, 0.15) is 0 Å². The lowest BCUT2D eigenvalue weighted by molar-refractivity contribution is -0.119. The minimum atomic E-state index is -0.536. The number of carbonyl (C=O) groups is 2. The fraction of sp³-hybridized carbons (Fsp3) is 0.188. The molecule has 0 bridgehead atoms. The molecule has 0 saturated heterocycles. The molecular formula is C16H16N6O2S. The van der Waals surface area contributed by atoms with Gasteiger partial charge in [-0.3, -0.25) is 10.1 Å². The molecule has 0 aliphatic carbocycles. The molecule has 1 aromatic carbocycles. The van der Waals surface area contributed by atoms with Crippen LogP contribution in [0.2, 0.25) is 0 Å². The van der Waals surface area contributed by atoms with Crippen molar-refractivity contribution in [3.05, 3.63) is 54.4 Å². The SMILES string of the molecule is CC(Sc1nc2ncccn2n1)C(=O)NC(=O)NCc1ccccc1. The van der Waals surface area contributed by atoms with Gasteiger partial charge in [0, 0.05) is 18.9 Å². The highest BCUT2D eigenvalue weighted by Crippen LogP contribution is 2.19. The Labute approximate surface area is 148 Å². The Hall–Kier alpha value is -2.94. The Morgan fingerprint density at radius 2 is 2.04 bits per heavy atom. The summed E-state index contributed by atoms with van der Waals surface area (Å²) in [5, 5.41) is 9.07. The van der Waals surface area contributed by atoms with Crippen molar-refractivity contribution in [2.75, 3.05) is 0 Å². The molecule has 9 heteroatoms. The number of imide groups is 1. The molecular weight excluding hydrogens is 340 g/mol. The lowest BCUT2D eigenvalue weighted by atomic mass is 10.2. The number of rotatable bonds is 5. The van der Waals surface area contributed by atoms with Crippen LogP contribution in [0.4, 0.5) is 4.79 Å². The van der Waals surface area contributed by atoms with Crippen molar-refractivity contribution in [2.24, 2.45) is 0 Å². The highest BCUT2D eigenvalue weighted by Gasteiger charge is 2.19. The lowest BCUT2D eigenvalue weighted by Crippen LogP contribution is -2.42. The van der Waals surface area contributed by atoms with Gasteiger partial charge in [0.25, 0.3) is 5.78 Å². The van der Waals surface area contributed by atoms with E-state index in [2.05, 4.69) is 25.7 Å². The molecule has 8 nitrogen and oxygen atoms in total. The maximum atomic E-state index is 12.1. The first-order valence-corrected chi connectivity index (χ1v) is 8.46. The number of hydrogen-bond donors (Lipinski definition) is 2. The molecule has 0 saturated carbocycles. The predicted molar refractivity (Wildman–Crippen MR) is 92.9 cm³/mol. The molecule has 1 atom stereocenters. The second-order valence-corrected chi connectivity index (χ2v) is 6.48. The lowest BCUT2D eigenvalue weighted by Gasteiger charge is -2.10. The molecule has 3 amide bonds. The van der Waals surface area contributed by atoms with E-state index in [-0.39, 0.29) is 0 Å². The molecule has 128 valence electrons. The van der Waals surface area contributed by atoms with E-state index < -0.39 is 17.2 Å². The Bertz CT molecular complexity index is 849. The molecule has 0 spiro atoms. The standard InChI is InChI=1S/C16H16N6O2S/c1-11(25-16-20-14-17-8-5-9-22(14)21-16)13(23)19-15(24)18-10-12-6-3-2-4-7-12/h2-9,11H,10H2,1H3,(H2,18,19,23,24). The average Bonchev–Trinajstić information content (AvgIpc) is 3.03. The summed E-state index contributed by atoms with van der Waals surface area (Å²) in [6.07, 6.45) is 3.34. The monoisotopic (exact) mass is 356 g/mol. The second-order valence-electron chi connectivity index (χ2n) is 5.18. The number of aromatic nitrogens is 4. The summed E-state index contributed by atoms with van der Waals surface area (Å²) in [6, 6.07) is 10.7. The predicted octanol–water partition coefficient (Wildman–Crippen LogP) is 1.63. The quantitative estimate of drug-likeness (QED) is 0.674. The van der Waals surface area contributed by atoms with Crippen LogP contribution in [0.15, 0.2) is 53.9 Å². The van der Waals surface area contributed by atoms with E-state index in [0.717, 1.165) is 17.3 Å². The number of thioether (sulfide) groups is 1. The molecule has 0 aliphatic rings. The van der Waals surface area contributed by atoms with Gasteiger partial charge in [-0.05, 0) is 18.6 Å². The fourth-order valence-corrected chi connectivity index (χ4v) is 2.76. The molecule has 3 rings (SSSR count). The van der Waals surface area contributed by atoms with Gasteiger partial charge in [-0.15, -0.1) is 5.10 Å². The third kappa shape index (κ3) is 4.54. The van der Waals surface area contributed by atoms with E-state index in [4.69, 9.17) is 0 Å². The van der Waals surface area contributed by atoms with E-state index >= 15 is 0 Å². The van der Waals surface area contributed by atoms with Gasteiger partial charge in [-0.2, -0.15) is 4.98 Å². The molecule has 25 heavy (non-hydrogen) atoms. The highest BCUT2D eigenvalue weighted by molar-refractivity contribution is 8.00. The molecule has 0 aliphatic heterocycles. The van der Waals surface area contributed by atoms with Gasteiger partial charge < -0.3 is 5.32 Å². The minimum absolute atomic E-state index is 0.348. The zero-order valence-electron chi connectivity index (χ0n) is 13.4. The summed E-state index contributed by atoms with van der Waals surface area (Å²) in [4.78, 5) is 32.2. The number of urea groups is 1. The minimum Gasteiger partial charge on any atom is -0.334 e. The normalized spacial score (nSPS) is 11.9. The number of carbonyl (C=O) groups excluding carboxylic acids is 2. The first kappa shape index (κ1) is 16.9. The second kappa shape index (κ2) is 7.75. The summed E-state index contributed by atoms with van der Waals surface area (Å²) in [5.41, 5.74) is 0.953. The number of amides is 3. The van der Waals surface area contributed by atoms with Crippen LogP contribution in [0.25, 0.3) is 5.78 Å². The molecule has 1 unspecified atom stereocenters. The topological polar surface area (TPSA) is 101 Å². The van der Waals surface area contributed by atoms with E-state index in [9.17, 15) is 9.59 Å². The summed E-state index contributed by atoms with van der Waals surface area (Å²) >= 11 is 1.16. The molecule has 3 aromatic rings. The van der Waals surface area contributed by atoms with Gasteiger partial charge in [0.2, 0.25) is 11.1 Å². The van der Waals surface area contributed by atoms with Gasteiger partial charge in [-0.1, -0.05) is 42.1 Å². The smallest absolute Gasteiger partial charge is 0.321 e. The van der Waals surface area contributed by atoms with Gasteiger partial charge in [-0.25, -0.2) is 14.3 Å². The summed E-state index contributed by atoms with van der Waals surface area (Å²) in [7, 11) is 0. The Morgan fingerprint density at radius 3 is 2.80 bits per heavy atom. The van der Waals surface area contributed by atoms with Crippen LogP contribution in [0.3, 0.4) is 0 Å². The first-order chi connectivity index (χ1) is 12.1. The number of hydrogen-bond acceptors (Lipinski definition) is 6. The third-order valence-corrected chi connectivity index (χ3v) is 4.23. The van der Waals surface area contributed by atoms with Crippen LogP contribution in [0.5, 0.6) is 0 Å². The van der Waals surface area contributed by atoms with Crippen molar-refractivity contribution in [1.29, 1.82) is 0 Å². The van der Waals surface area contributed by atoms with Crippen LogP contribution >= 0.6 is 11.8 Å². The first-order valence-electron chi connectivity index (χ1n) is 7.58. The van der Waals surface area contributed by atoms with Crippen molar-refractivity contribution in [1.82, 2.24) is 30.2 Å². The maximum absolute atomic E-state index is 12.1. The van der Waals surface area contributed by atoms with Crippen LogP contribution < -0.4 is 10.6 Å². The Kier molecular flexibility index (Phi) is 5.24. The van der Waals surface area contributed by atoms with E-state index in [1.54, 1.807) is 25.4 Å². The number of benzene rings is 1. The summed E-state index contributed by atoms with van der Waals surface area (Å²) < 4.78 is 1.53. The number of fused-ring (bicyclic) bond motifs is 1. The maximum Gasteiger partial charge on any atom is 0.321 e. The van der Waals surface area contributed by atoms with Gasteiger partial charge >= 0.3 is 6.03 Å². The largest absolute Gasteiger partial charge is 0.334 e. The van der Waals surface area contributed by atoms with Crippen LogP contribution in [-0.2, 0) is 11.3 Å². The van der Waals surface area contributed by atoms with Crippen LogP contribution in [-0.4, -0.2) is 36.8 Å². The van der Waals surface area contributed by atoms with Crippen molar-refractivity contribution in [2.45, 2.75) is 23.9 Å². The van der Waals surface area contributed by atoms with Crippen molar-refractivity contribution in [3.63, 3.8) is 0 Å². The average molecular weight is 356 g/mol. The van der Waals surface area contributed by atoms with E-state index in [0.29, 0.717) is 17.5 Å². The Morgan fingerprint density at radius 1 is 1.24 bits per heavy atom. The van der Waals surface area contributed by atoms with Crippen LogP contribution in [0, 0.1) is 0 Å².